The molecule has 0 saturated carbocycles. The van der Waals surface area contributed by atoms with Crippen molar-refractivity contribution in [3.05, 3.63) is 54.0 Å². The first kappa shape index (κ1) is 13.7. The van der Waals surface area contributed by atoms with Gasteiger partial charge in [0.05, 0.1) is 17.3 Å². The molecule has 0 radical (unpaired) electrons. The van der Waals surface area contributed by atoms with E-state index < -0.39 is 5.82 Å². The Balaban J connectivity index is 1.70. The number of pyridine rings is 1. The Bertz CT molecular complexity index is 880. The molecule has 0 bridgehead atoms. The number of aromatic nitrogens is 4. The van der Waals surface area contributed by atoms with Crippen LogP contribution in [0.2, 0.25) is 0 Å². The maximum Gasteiger partial charge on any atom is 0.259 e. The number of amides is 1. The summed E-state index contributed by atoms with van der Waals surface area (Å²) in [4.78, 5) is 23.9. The van der Waals surface area contributed by atoms with Crippen LogP contribution in [0.5, 0.6) is 0 Å². The van der Waals surface area contributed by atoms with Crippen molar-refractivity contribution in [2.24, 2.45) is 0 Å². The van der Waals surface area contributed by atoms with Gasteiger partial charge in [-0.15, -0.1) is 0 Å². The highest BCUT2D eigenvalue weighted by atomic mass is 19.1. The predicted octanol–water partition coefficient (Wildman–Crippen LogP) is 2.78. The summed E-state index contributed by atoms with van der Waals surface area (Å²) < 4.78 is 15.0. The first-order valence-electron chi connectivity index (χ1n) is 7.30. The van der Waals surface area contributed by atoms with E-state index in [1.165, 1.54) is 12.1 Å². The van der Waals surface area contributed by atoms with Gasteiger partial charge in [0, 0.05) is 36.7 Å². The van der Waals surface area contributed by atoms with Gasteiger partial charge in [-0.05, 0) is 19.1 Å². The van der Waals surface area contributed by atoms with Gasteiger partial charge in [-0.2, -0.15) is 0 Å². The Morgan fingerprint density at radius 1 is 1.43 bits per heavy atom. The van der Waals surface area contributed by atoms with Crippen LogP contribution in [0.3, 0.4) is 0 Å². The molecule has 0 fully saturated rings. The molecule has 4 rings (SSSR count). The van der Waals surface area contributed by atoms with Crippen molar-refractivity contribution in [3.63, 3.8) is 0 Å². The molecule has 6 nitrogen and oxygen atoms in total. The average molecular weight is 311 g/mol. The molecule has 116 valence electrons. The summed E-state index contributed by atoms with van der Waals surface area (Å²) in [6, 6.07) is 2.96. The van der Waals surface area contributed by atoms with Crippen molar-refractivity contribution < 1.29 is 9.18 Å². The van der Waals surface area contributed by atoms with Gasteiger partial charge in [-0.3, -0.25) is 4.79 Å². The largest absolute Gasteiger partial charge is 0.364 e. The molecule has 3 aromatic heterocycles. The summed E-state index contributed by atoms with van der Waals surface area (Å²) in [7, 11) is 0. The Labute approximate surface area is 131 Å². The van der Waals surface area contributed by atoms with Gasteiger partial charge in [-0.1, -0.05) is 0 Å². The third kappa shape index (κ3) is 2.21. The molecule has 0 spiro atoms. The number of carbonyl (C=O) groups excluding carboxylic acids is 1. The fourth-order valence-electron chi connectivity index (χ4n) is 2.95. The first-order chi connectivity index (χ1) is 11.1. The van der Waals surface area contributed by atoms with Crippen molar-refractivity contribution in [1.29, 1.82) is 0 Å². The van der Waals surface area contributed by atoms with Crippen molar-refractivity contribution >= 4 is 11.7 Å². The number of rotatable bonds is 2. The number of anilines is 1. The van der Waals surface area contributed by atoms with E-state index in [-0.39, 0.29) is 11.9 Å². The first-order valence-corrected chi connectivity index (χ1v) is 7.30. The van der Waals surface area contributed by atoms with E-state index in [1.54, 1.807) is 12.4 Å². The van der Waals surface area contributed by atoms with E-state index in [0.29, 0.717) is 11.4 Å². The fraction of sp³-hybridized carbons (Fsp3) is 0.188. The third-order valence-corrected chi connectivity index (χ3v) is 4.04. The fourth-order valence-corrected chi connectivity index (χ4v) is 2.95. The molecule has 3 aromatic rings. The Morgan fingerprint density at radius 2 is 2.30 bits per heavy atom. The van der Waals surface area contributed by atoms with Gasteiger partial charge < -0.3 is 14.9 Å². The maximum atomic E-state index is 12.9. The number of H-pyrrole nitrogens is 1. The smallest absolute Gasteiger partial charge is 0.259 e. The van der Waals surface area contributed by atoms with Crippen LogP contribution in [0.4, 0.5) is 10.2 Å². The number of nitrogens with zero attached hydrogens (tertiary/aromatic N) is 3. The summed E-state index contributed by atoms with van der Waals surface area (Å²) in [5.41, 5.74) is 2.31. The second-order valence-corrected chi connectivity index (χ2v) is 5.58. The van der Waals surface area contributed by atoms with E-state index in [2.05, 4.69) is 31.8 Å². The minimum Gasteiger partial charge on any atom is -0.364 e. The van der Waals surface area contributed by atoms with Crippen molar-refractivity contribution in [2.45, 2.75) is 19.4 Å². The molecule has 0 saturated heterocycles. The van der Waals surface area contributed by atoms with Crippen LogP contribution in [0.25, 0.3) is 11.4 Å². The van der Waals surface area contributed by atoms with Gasteiger partial charge in [-0.25, -0.2) is 14.4 Å². The van der Waals surface area contributed by atoms with E-state index in [9.17, 15) is 9.18 Å². The number of aromatic amines is 1. The average Bonchev–Trinajstić information content (AvgIpc) is 3.15. The Hall–Kier alpha value is -2.96. The maximum absolute atomic E-state index is 12.9. The lowest BCUT2D eigenvalue weighted by Crippen LogP contribution is -2.18. The van der Waals surface area contributed by atoms with Gasteiger partial charge in [0.25, 0.3) is 5.91 Å². The van der Waals surface area contributed by atoms with E-state index in [4.69, 9.17) is 0 Å². The van der Waals surface area contributed by atoms with Crippen LogP contribution in [-0.2, 0) is 6.42 Å². The zero-order valence-corrected chi connectivity index (χ0v) is 12.4. The number of carbonyl (C=O) groups is 1. The summed E-state index contributed by atoms with van der Waals surface area (Å²) in [5, 5.41) is 2.68. The highest BCUT2D eigenvalue weighted by Crippen LogP contribution is 2.35. The minimum atomic E-state index is -0.446. The standard InChI is InChI=1S/C16H14FN5O/c1-9-6-12-14(15-18-4-5-22(9)15)11(8-19-12)16(23)21-13-3-2-10(17)7-20-13/h2-5,7-9,19H,6H2,1H3,(H,20,21,23)/t9-/m1/s1. The number of nitrogens with one attached hydrogen (secondary N) is 2. The molecule has 0 aliphatic carbocycles. The molecule has 0 aromatic carbocycles. The van der Waals surface area contributed by atoms with Crippen molar-refractivity contribution in [2.75, 3.05) is 5.32 Å². The minimum absolute atomic E-state index is 0.285. The molecule has 0 unspecified atom stereocenters. The monoisotopic (exact) mass is 311 g/mol. The van der Waals surface area contributed by atoms with E-state index in [0.717, 1.165) is 29.7 Å². The molecule has 4 heterocycles. The molecule has 1 amide bonds. The van der Waals surface area contributed by atoms with Crippen LogP contribution in [0.15, 0.2) is 36.9 Å². The molecular weight excluding hydrogens is 297 g/mol. The number of imidazole rings is 1. The number of halogens is 1. The van der Waals surface area contributed by atoms with Crippen LogP contribution in [-0.4, -0.2) is 25.4 Å². The normalized spacial score (nSPS) is 15.8. The van der Waals surface area contributed by atoms with Crippen LogP contribution >= 0.6 is 0 Å². The van der Waals surface area contributed by atoms with Crippen LogP contribution < -0.4 is 5.32 Å². The summed E-state index contributed by atoms with van der Waals surface area (Å²) in [6.07, 6.45) is 7.20. The van der Waals surface area contributed by atoms with Crippen LogP contribution in [0.1, 0.15) is 29.0 Å². The molecule has 23 heavy (non-hydrogen) atoms. The second-order valence-electron chi connectivity index (χ2n) is 5.58. The lowest BCUT2D eigenvalue weighted by atomic mass is 10.0. The summed E-state index contributed by atoms with van der Waals surface area (Å²) >= 11 is 0. The quantitative estimate of drug-likeness (QED) is 0.764. The topological polar surface area (TPSA) is 75.6 Å². The van der Waals surface area contributed by atoms with Crippen molar-refractivity contribution in [3.8, 4) is 11.4 Å². The highest BCUT2D eigenvalue weighted by Gasteiger charge is 2.28. The molecule has 2 N–H and O–H groups in total. The molecule has 7 heteroatoms. The van der Waals surface area contributed by atoms with E-state index >= 15 is 0 Å². The highest BCUT2D eigenvalue weighted by molar-refractivity contribution is 6.08. The van der Waals surface area contributed by atoms with Gasteiger partial charge in [0.2, 0.25) is 0 Å². The molecule has 1 aliphatic rings. The van der Waals surface area contributed by atoms with Gasteiger partial charge >= 0.3 is 0 Å². The predicted molar refractivity (Wildman–Crippen MR) is 82.6 cm³/mol. The zero-order valence-electron chi connectivity index (χ0n) is 12.4. The lowest BCUT2D eigenvalue weighted by Gasteiger charge is -2.22. The Morgan fingerprint density at radius 3 is 3.09 bits per heavy atom. The van der Waals surface area contributed by atoms with Crippen molar-refractivity contribution in [1.82, 2.24) is 19.5 Å². The van der Waals surface area contributed by atoms with Crippen LogP contribution in [0, 0.1) is 5.82 Å². The Kier molecular flexibility index (Phi) is 3.00. The zero-order chi connectivity index (χ0) is 16.0. The number of fused-ring (bicyclic) bond motifs is 3. The third-order valence-electron chi connectivity index (χ3n) is 4.04. The van der Waals surface area contributed by atoms with Gasteiger partial charge in [0.1, 0.15) is 17.5 Å². The van der Waals surface area contributed by atoms with E-state index in [1.807, 2.05) is 6.20 Å². The summed E-state index contributed by atoms with van der Waals surface area (Å²) in [6.45, 7) is 2.11. The molecule has 1 aliphatic heterocycles. The van der Waals surface area contributed by atoms with Gasteiger partial charge in [0.15, 0.2) is 0 Å². The molecular formula is C16H14FN5O. The number of hydrogen-bond donors (Lipinski definition) is 2. The summed E-state index contributed by atoms with van der Waals surface area (Å²) in [5.74, 6) is 0.333. The number of hydrogen-bond acceptors (Lipinski definition) is 3. The second kappa shape index (κ2) is 5.05. The lowest BCUT2D eigenvalue weighted by molar-refractivity contribution is 0.102. The molecule has 1 atom stereocenters. The SMILES string of the molecule is C[C@@H]1Cc2[nH]cc(C(=O)Nc3ccc(F)cn3)c2-c2nccn21.